The van der Waals surface area contributed by atoms with E-state index in [4.69, 9.17) is 0 Å². The van der Waals surface area contributed by atoms with Crippen molar-refractivity contribution in [1.29, 1.82) is 0 Å². The zero-order chi connectivity index (χ0) is 14.1. The molecule has 1 unspecified atom stereocenters. The van der Waals surface area contributed by atoms with Gasteiger partial charge in [-0.05, 0) is 32.2 Å². The average molecular weight is 296 g/mol. The number of carbonyl (C=O) groups is 1. The van der Waals surface area contributed by atoms with Crippen LogP contribution in [0.25, 0.3) is 6.08 Å². The molecule has 0 heterocycles. The maximum absolute atomic E-state index is 12.2. The summed E-state index contributed by atoms with van der Waals surface area (Å²) in [5.41, 5.74) is 1.08. The monoisotopic (exact) mass is 295 g/mol. The SMILES string of the molecule is CCCCC(CN(C)C)C(=O)/C=C/c1ccccc1.Cl. The second-order valence-electron chi connectivity index (χ2n) is 5.25. The molecule has 1 atom stereocenters. The molecule has 1 aromatic rings. The van der Waals surface area contributed by atoms with Crippen molar-refractivity contribution in [3.63, 3.8) is 0 Å². The van der Waals surface area contributed by atoms with Crippen LogP contribution in [-0.4, -0.2) is 31.3 Å². The van der Waals surface area contributed by atoms with Crippen LogP contribution >= 0.6 is 12.4 Å². The quantitative estimate of drug-likeness (QED) is 0.674. The molecule has 3 heteroatoms. The summed E-state index contributed by atoms with van der Waals surface area (Å²) in [5.74, 6) is 0.362. The number of halogens is 1. The molecule has 112 valence electrons. The fourth-order valence-corrected chi connectivity index (χ4v) is 2.09. The summed E-state index contributed by atoms with van der Waals surface area (Å²) in [4.78, 5) is 14.3. The fraction of sp³-hybridized carbons (Fsp3) is 0.471. The summed E-state index contributed by atoms with van der Waals surface area (Å²) in [6.45, 7) is 3.00. The van der Waals surface area contributed by atoms with Gasteiger partial charge in [-0.3, -0.25) is 4.79 Å². The van der Waals surface area contributed by atoms with Gasteiger partial charge in [0.15, 0.2) is 5.78 Å². The van der Waals surface area contributed by atoms with E-state index in [1.165, 1.54) is 0 Å². The van der Waals surface area contributed by atoms with E-state index in [2.05, 4.69) is 11.8 Å². The van der Waals surface area contributed by atoms with Gasteiger partial charge >= 0.3 is 0 Å². The number of hydrogen-bond acceptors (Lipinski definition) is 2. The molecular formula is C17H26ClNO. The van der Waals surface area contributed by atoms with E-state index in [0.717, 1.165) is 31.4 Å². The number of allylic oxidation sites excluding steroid dienone is 1. The highest BCUT2D eigenvalue weighted by Gasteiger charge is 2.16. The van der Waals surface area contributed by atoms with Crippen LogP contribution in [-0.2, 0) is 4.79 Å². The van der Waals surface area contributed by atoms with Gasteiger partial charge in [-0.1, -0.05) is 56.2 Å². The van der Waals surface area contributed by atoms with E-state index >= 15 is 0 Å². The summed E-state index contributed by atoms with van der Waals surface area (Å²) in [6.07, 6.45) is 6.88. The topological polar surface area (TPSA) is 20.3 Å². The van der Waals surface area contributed by atoms with Crippen molar-refractivity contribution in [3.05, 3.63) is 42.0 Å². The molecule has 1 aromatic carbocycles. The van der Waals surface area contributed by atoms with Crippen LogP contribution in [0.4, 0.5) is 0 Å². The molecule has 0 radical (unpaired) electrons. The molecule has 0 fully saturated rings. The molecule has 0 amide bonds. The molecule has 0 spiro atoms. The molecule has 0 saturated carbocycles. The van der Waals surface area contributed by atoms with Crippen molar-refractivity contribution in [1.82, 2.24) is 4.90 Å². The van der Waals surface area contributed by atoms with Crippen molar-refractivity contribution in [3.8, 4) is 0 Å². The Morgan fingerprint density at radius 2 is 1.90 bits per heavy atom. The summed E-state index contributed by atoms with van der Waals surface area (Å²) in [7, 11) is 4.04. The molecule has 20 heavy (non-hydrogen) atoms. The predicted molar refractivity (Wildman–Crippen MR) is 89.3 cm³/mol. The highest BCUT2D eigenvalue weighted by Crippen LogP contribution is 2.13. The molecule has 0 bridgehead atoms. The van der Waals surface area contributed by atoms with E-state index in [1.807, 2.05) is 50.5 Å². The first-order chi connectivity index (χ1) is 9.13. The first-order valence-electron chi connectivity index (χ1n) is 7.05. The molecule has 0 aromatic heterocycles. The Kier molecular flexibility index (Phi) is 10.0. The van der Waals surface area contributed by atoms with Crippen LogP contribution in [0.3, 0.4) is 0 Å². The van der Waals surface area contributed by atoms with Crippen LogP contribution < -0.4 is 0 Å². The lowest BCUT2D eigenvalue weighted by atomic mass is 9.96. The third-order valence-electron chi connectivity index (χ3n) is 3.13. The van der Waals surface area contributed by atoms with E-state index in [9.17, 15) is 4.79 Å². The van der Waals surface area contributed by atoms with Gasteiger partial charge in [0.1, 0.15) is 0 Å². The highest BCUT2D eigenvalue weighted by atomic mass is 35.5. The lowest BCUT2D eigenvalue weighted by Gasteiger charge is -2.18. The Morgan fingerprint density at radius 3 is 2.45 bits per heavy atom. The van der Waals surface area contributed by atoms with Gasteiger partial charge in [-0.15, -0.1) is 12.4 Å². The minimum absolute atomic E-state index is 0. The van der Waals surface area contributed by atoms with Gasteiger partial charge in [0.25, 0.3) is 0 Å². The molecule has 0 N–H and O–H groups in total. The average Bonchev–Trinajstić information content (AvgIpc) is 2.41. The molecule has 2 nitrogen and oxygen atoms in total. The van der Waals surface area contributed by atoms with Crippen molar-refractivity contribution in [2.45, 2.75) is 26.2 Å². The Hall–Kier alpha value is -1.12. The maximum Gasteiger partial charge on any atom is 0.160 e. The van der Waals surface area contributed by atoms with Gasteiger partial charge in [-0.25, -0.2) is 0 Å². The van der Waals surface area contributed by atoms with Crippen molar-refractivity contribution in [2.75, 3.05) is 20.6 Å². The molecule has 0 aliphatic rings. The second-order valence-corrected chi connectivity index (χ2v) is 5.25. The van der Waals surface area contributed by atoms with Crippen LogP contribution in [0.15, 0.2) is 36.4 Å². The number of nitrogens with zero attached hydrogens (tertiary/aromatic N) is 1. The highest BCUT2D eigenvalue weighted by molar-refractivity contribution is 5.95. The van der Waals surface area contributed by atoms with Crippen molar-refractivity contribution in [2.24, 2.45) is 5.92 Å². The molecular weight excluding hydrogens is 270 g/mol. The summed E-state index contributed by atoms with van der Waals surface area (Å²) < 4.78 is 0. The number of rotatable bonds is 8. The first kappa shape index (κ1) is 18.9. The predicted octanol–water partition coefficient (Wildman–Crippen LogP) is 4.06. The van der Waals surface area contributed by atoms with E-state index in [1.54, 1.807) is 6.08 Å². The Balaban J connectivity index is 0.00000361. The molecule has 1 rings (SSSR count). The number of ketones is 1. The van der Waals surface area contributed by atoms with Crippen molar-refractivity contribution < 1.29 is 4.79 Å². The number of unbranched alkanes of at least 4 members (excludes halogenated alkanes) is 1. The van der Waals surface area contributed by atoms with Gasteiger partial charge in [0.2, 0.25) is 0 Å². The van der Waals surface area contributed by atoms with Crippen molar-refractivity contribution >= 4 is 24.3 Å². The number of carbonyl (C=O) groups excluding carboxylic acids is 1. The Morgan fingerprint density at radius 1 is 1.25 bits per heavy atom. The Bertz CT molecular complexity index is 401. The zero-order valence-corrected chi connectivity index (χ0v) is 13.5. The van der Waals surface area contributed by atoms with Gasteiger partial charge in [0, 0.05) is 12.5 Å². The largest absolute Gasteiger partial charge is 0.309 e. The third kappa shape index (κ3) is 7.46. The van der Waals surface area contributed by atoms with E-state index < -0.39 is 0 Å². The number of benzene rings is 1. The van der Waals surface area contributed by atoms with Crippen LogP contribution in [0.5, 0.6) is 0 Å². The first-order valence-corrected chi connectivity index (χ1v) is 7.05. The molecule has 0 saturated heterocycles. The molecule has 0 aliphatic heterocycles. The summed E-state index contributed by atoms with van der Waals surface area (Å²) in [5, 5.41) is 0. The normalized spacial score (nSPS) is 12.4. The van der Waals surface area contributed by atoms with Gasteiger partial charge in [-0.2, -0.15) is 0 Å². The van der Waals surface area contributed by atoms with E-state index in [-0.39, 0.29) is 24.1 Å². The third-order valence-corrected chi connectivity index (χ3v) is 3.13. The fourth-order valence-electron chi connectivity index (χ4n) is 2.09. The maximum atomic E-state index is 12.2. The van der Waals surface area contributed by atoms with E-state index in [0.29, 0.717) is 0 Å². The van der Waals surface area contributed by atoms with Gasteiger partial charge < -0.3 is 4.90 Å². The van der Waals surface area contributed by atoms with Crippen LogP contribution in [0.2, 0.25) is 0 Å². The minimum atomic E-state index is 0. The summed E-state index contributed by atoms with van der Waals surface area (Å²) >= 11 is 0. The van der Waals surface area contributed by atoms with Gasteiger partial charge in [0.05, 0.1) is 0 Å². The zero-order valence-electron chi connectivity index (χ0n) is 12.7. The number of hydrogen-bond donors (Lipinski definition) is 0. The molecule has 0 aliphatic carbocycles. The van der Waals surface area contributed by atoms with Crippen LogP contribution in [0.1, 0.15) is 31.7 Å². The smallest absolute Gasteiger partial charge is 0.160 e. The summed E-state index contributed by atoms with van der Waals surface area (Å²) in [6, 6.07) is 9.97. The lowest BCUT2D eigenvalue weighted by Crippen LogP contribution is -2.27. The second kappa shape index (κ2) is 10.6. The minimum Gasteiger partial charge on any atom is -0.309 e. The standard InChI is InChI=1S/C17H25NO.ClH/c1-4-5-11-16(14-18(2)3)17(19)13-12-15-9-7-6-8-10-15;/h6-10,12-13,16H,4-5,11,14H2,1-3H3;1H/b13-12+;. The Labute approximate surface area is 129 Å². The van der Waals surface area contributed by atoms with Crippen LogP contribution in [0, 0.1) is 5.92 Å². The lowest BCUT2D eigenvalue weighted by molar-refractivity contribution is -0.118.